The number of carboxylic acid groups (broad SMARTS) is 2. The van der Waals surface area contributed by atoms with Crippen LogP contribution in [0.4, 0.5) is 0 Å². The lowest BCUT2D eigenvalue weighted by molar-refractivity contribution is 0.0386. The molecule has 0 amide bonds. The first-order valence-electron chi connectivity index (χ1n) is 12.7. The maximum atomic E-state index is 11.5. The summed E-state index contributed by atoms with van der Waals surface area (Å²) in [6.45, 7) is 9.60. The van der Waals surface area contributed by atoms with Gasteiger partial charge in [0.1, 0.15) is 0 Å². The summed E-state index contributed by atoms with van der Waals surface area (Å²) in [4.78, 5) is 30.5. The van der Waals surface area contributed by atoms with E-state index in [0.717, 1.165) is 69.9 Å². The van der Waals surface area contributed by atoms with E-state index in [9.17, 15) is 19.8 Å². The number of carboxylic acids is 2. The number of nitrogens with zero attached hydrogens (tertiary/aromatic N) is 3. The Hall–Kier alpha value is -2.82. The zero-order chi connectivity index (χ0) is 25.3. The largest absolute Gasteiger partial charge is 0.478 e. The van der Waals surface area contributed by atoms with Crippen molar-refractivity contribution in [3.63, 3.8) is 0 Å². The third-order valence-electron chi connectivity index (χ3n) is 7.70. The van der Waals surface area contributed by atoms with Crippen molar-refractivity contribution >= 4 is 11.9 Å². The molecule has 9 nitrogen and oxygen atoms in total. The minimum atomic E-state index is -0.926. The van der Waals surface area contributed by atoms with Gasteiger partial charge in [-0.2, -0.15) is 0 Å². The first-order valence-corrected chi connectivity index (χ1v) is 12.7. The van der Waals surface area contributed by atoms with E-state index in [1.807, 2.05) is 24.3 Å². The van der Waals surface area contributed by atoms with Gasteiger partial charge >= 0.3 is 11.9 Å². The molecule has 0 aromatic heterocycles. The summed E-state index contributed by atoms with van der Waals surface area (Å²) in [6.07, 6.45) is 1.03. The first kappa shape index (κ1) is 24.9. The zero-order valence-corrected chi connectivity index (χ0v) is 20.7. The van der Waals surface area contributed by atoms with Gasteiger partial charge in [0.15, 0.2) is 0 Å². The van der Waals surface area contributed by atoms with Crippen molar-refractivity contribution < 1.29 is 19.8 Å². The highest BCUT2D eigenvalue weighted by Crippen LogP contribution is 2.51. The highest BCUT2D eigenvalue weighted by Gasteiger charge is 2.57. The number of hydrogen-bond donors (Lipinski definition) is 4. The molecule has 36 heavy (non-hydrogen) atoms. The molecular formula is C27H35N5O4. The number of rotatable bonds is 4. The highest BCUT2D eigenvalue weighted by molar-refractivity contribution is 5.88. The van der Waals surface area contributed by atoms with Gasteiger partial charge in [0.05, 0.1) is 23.5 Å². The van der Waals surface area contributed by atoms with Crippen molar-refractivity contribution in [2.45, 2.75) is 31.2 Å². The fourth-order valence-corrected chi connectivity index (χ4v) is 6.11. The Bertz CT molecular complexity index is 1010. The van der Waals surface area contributed by atoms with Crippen LogP contribution in [0.1, 0.15) is 57.5 Å². The van der Waals surface area contributed by atoms with Crippen molar-refractivity contribution in [3.05, 3.63) is 70.8 Å². The van der Waals surface area contributed by atoms with E-state index in [2.05, 4.69) is 32.3 Å². The van der Waals surface area contributed by atoms with Gasteiger partial charge in [-0.15, -0.1) is 0 Å². The zero-order valence-electron chi connectivity index (χ0n) is 20.7. The predicted molar refractivity (Wildman–Crippen MR) is 136 cm³/mol. The number of hydrogen-bond acceptors (Lipinski definition) is 7. The van der Waals surface area contributed by atoms with Crippen LogP contribution in [0.3, 0.4) is 0 Å². The van der Waals surface area contributed by atoms with E-state index in [1.165, 1.54) is 0 Å². The van der Waals surface area contributed by atoms with E-state index in [1.54, 1.807) is 24.3 Å². The molecule has 192 valence electrons. The van der Waals surface area contributed by atoms with Gasteiger partial charge in [-0.05, 0) is 61.8 Å². The number of nitrogens with one attached hydrogen (secondary N) is 2. The van der Waals surface area contributed by atoms with Crippen molar-refractivity contribution in [3.8, 4) is 0 Å². The molecule has 3 aliphatic rings. The normalized spacial score (nSPS) is 31.2. The Balaban J connectivity index is 1.57. The number of aromatic carboxylic acids is 2. The minimum Gasteiger partial charge on any atom is -0.478 e. The van der Waals surface area contributed by atoms with E-state index in [4.69, 9.17) is 0 Å². The molecule has 0 radical (unpaired) electrons. The molecule has 9 heteroatoms. The Morgan fingerprint density at radius 3 is 1.56 bits per heavy atom. The molecule has 5 atom stereocenters. The summed E-state index contributed by atoms with van der Waals surface area (Å²) in [5, 5.41) is 26.0. The molecule has 0 spiro atoms. The summed E-state index contributed by atoms with van der Waals surface area (Å²) in [7, 11) is 0. The van der Waals surface area contributed by atoms with Gasteiger partial charge in [-0.1, -0.05) is 24.3 Å². The third kappa shape index (κ3) is 4.77. The van der Waals surface area contributed by atoms with E-state index >= 15 is 0 Å². The Labute approximate surface area is 211 Å². The quantitative estimate of drug-likeness (QED) is 0.509. The Kier molecular flexibility index (Phi) is 7.09. The summed E-state index contributed by atoms with van der Waals surface area (Å²) >= 11 is 0. The molecule has 0 saturated carbocycles. The maximum absolute atomic E-state index is 11.5. The fourth-order valence-electron chi connectivity index (χ4n) is 6.11. The van der Waals surface area contributed by atoms with Crippen LogP contribution in [0, 0.1) is 0 Å². The van der Waals surface area contributed by atoms with E-state index < -0.39 is 11.9 Å². The molecule has 2 aromatic rings. The fraction of sp³-hybridized carbons (Fsp3) is 0.481. The summed E-state index contributed by atoms with van der Waals surface area (Å²) in [5.74, 6) is -1.85. The molecule has 0 aliphatic carbocycles. The third-order valence-corrected chi connectivity index (χ3v) is 7.70. The molecule has 3 unspecified atom stereocenters. The molecule has 3 aliphatic heterocycles. The molecule has 5 rings (SSSR count). The van der Waals surface area contributed by atoms with Crippen LogP contribution in [0.25, 0.3) is 0 Å². The molecular weight excluding hydrogens is 458 g/mol. The second-order valence-electron chi connectivity index (χ2n) is 10.3. The van der Waals surface area contributed by atoms with Crippen molar-refractivity contribution in [1.29, 1.82) is 0 Å². The summed E-state index contributed by atoms with van der Waals surface area (Å²) < 4.78 is 0. The van der Waals surface area contributed by atoms with Gasteiger partial charge in [0.2, 0.25) is 0 Å². The average Bonchev–Trinajstić information content (AvgIpc) is 3.30. The van der Waals surface area contributed by atoms with Gasteiger partial charge in [-0.3, -0.25) is 14.7 Å². The summed E-state index contributed by atoms with van der Waals surface area (Å²) in [6, 6.07) is 14.5. The lowest BCUT2D eigenvalue weighted by Crippen LogP contribution is -2.42. The Morgan fingerprint density at radius 1 is 0.750 bits per heavy atom. The van der Waals surface area contributed by atoms with Gasteiger partial charge in [-0.25, -0.2) is 9.59 Å². The SMILES string of the molecule is CC12CN3CCNCCCNCCN(C1)[C@H](c1ccc(C(=O)O)cc1)N2[C@@H]3c1ccc(C(=O)O)cc1. The lowest BCUT2D eigenvalue weighted by Gasteiger charge is -2.38. The van der Waals surface area contributed by atoms with Crippen LogP contribution in [0.15, 0.2) is 48.5 Å². The van der Waals surface area contributed by atoms with Crippen LogP contribution in [-0.4, -0.2) is 94.7 Å². The highest BCUT2D eigenvalue weighted by atomic mass is 16.4. The molecule has 2 aromatic carbocycles. The molecule has 4 N–H and O–H groups in total. The molecule has 3 bridgehead atoms. The number of benzene rings is 2. The monoisotopic (exact) mass is 493 g/mol. The Morgan fingerprint density at radius 2 is 1.17 bits per heavy atom. The predicted octanol–water partition coefficient (Wildman–Crippen LogP) is 2.06. The number of carbonyl (C=O) groups is 2. The standard InChI is InChI=1S/C27H35N5O4/c1-27-17-30-15-13-28-11-2-12-29-14-16-31(18-27)24(20-5-9-22(10-6-20)26(35)36)32(27)23(30)19-3-7-21(8-4-19)25(33)34/h3-10,23-24,28-29H,2,11-18H2,1H3,(H,33,34)(H,35,36)/t23-,24+,27?. The number of fused-ring (bicyclic) bond motifs is 2. The second kappa shape index (κ2) is 10.3. The van der Waals surface area contributed by atoms with Crippen molar-refractivity contribution in [2.75, 3.05) is 52.4 Å². The van der Waals surface area contributed by atoms with Gasteiger partial charge < -0.3 is 20.8 Å². The van der Waals surface area contributed by atoms with Crippen LogP contribution in [0.5, 0.6) is 0 Å². The van der Waals surface area contributed by atoms with Gasteiger partial charge in [0.25, 0.3) is 0 Å². The lowest BCUT2D eigenvalue weighted by atomic mass is 10.0. The molecule has 3 heterocycles. The second-order valence-corrected chi connectivity index (χ2v) is 10.3. The van der Waals surface area contributed by atoms with Crippen LogP contribution in [-0.2, 0) is 0 Å². The smallest absolute Gasteiger partial charge is 0.335 e. The van der Waals surface area contributed by atoms with E-state index in [0.29, 0.717) is 0 Å². The maximum Gasteiger partial charge on any atom is 0.335 e. The molecule has 3 saturated heterocycles. The van der Waals surface area contributed by atoms with Crippen LogP contribution in [0.2, 0.25) is 0 Å². The van der Waals surface area contributed by atoms with Crippen LogP contribution < -0.4 is 10.6 Å². The minimum absolute atomic E-state index is 0.0234. The molecule has 3 fully saturated rings. The van der Waals surface area contributed by atoms with Crippen molar-refractivity contribution in [1.82, 2.24) is 25.3 Å². The average molecular weight is 494 g/mol. The van der Waals surface area contributed by atoms with Gasteiger partial charge in [0, 0.05) is 44.8 Å². The van der Waals surface area contributed by atoms with Crippen molar-refractivity contribution in [2.24, 2.45) is 0 Å². The van der Waals surface area contributed by atoms with Crippen LogP contribution >= 0.6 is 0 Å². The first-order chi connectivity index (χ1) is 17.4. The van der Waals surface area contributed by atoms with E-state index in [-0.39, 0.29) is 29.0 Å². The summed E-state index contributed by atoms with van der Waals surface area (Å²) in [5.41, 5.74) is 2.59. The topological polar surface area (TPSA) is 108 Å².